The van der Waals surface area contributed by atoms with E-state index in [0.29, 0.717) is 6.04 Å². The van der Waals surface area contributed by atoms with Gasteiger partial charge in [0.15, 0.2) is 0 Å². The second-order valence-corrected chi connectivity index (χ2v) is 6.02. The molecule has 1 unspecified atom stereocenters. The number of hydrogen-bond donors (Lipinski definition) is 1. The summed E-state index contributed by atoms with van der Waals surface area (Å²) in [7, 11) is 2.01. The van der Waals surface area contributed by atoms with Crippen LogP contribution in [-0.2, 0) is 13.5 Å². The Morgan fingerprint density at radius 3 is 2.70 bits per heavy atom. The molecule has 20 heavy (non-hydrogen) atoms. The quantitative estimate of drug-likeness (QED) is 0.902. The predicted octanol–water partition coefficient (Wildman–Crippen LogP) is 3.69. The van der Waals surface area contributed by atoms with Gasteiger partial charge in [-0.1, -0.05) is 35.0 Å². The summed E-state index contributed by atoms with van der Waals surface area (Å²) in [5.74, 6) is 0. The van der Waals surface area contributed by atoms with E-state index in [9.17, 15) is 0 Å². The molecular formula is C16H22BrN3. The van der Waals surface area contributed by atoms with Gasteiger partial charge in [-0.3, -0.25) is 4.68 Å². The van der Waals surface area contributed by atoms with E-state index in [0.717, 1.165) is 18.7 Å². The van der Waals surface area contributed by atoms with Crippen molar-refractivity contribution in [2.24, 2.45) is 7.05 Å². The minimum Gasteiger partial charge on any atom is -0.310 e. The fourth-order valence-electron chi connectivity index (χ4n) is 2.60. The molecule has 108 valence electrons. The second-order valence-electron chi connectivity index (χ2n) is 5.17. The lowest BCUT2D eigenvalue weighted by Gasteiger charge is -2.21. The van der Waals surface area contributed by atoms with Crippen LogP contribution < -0.4 is 5.32 Å². The average molecular weight is 336 g/mol. The van der Waals surface area contributed by atoms with E-state index in [2.05, 4.69) is 64.5 Å². The van der Waals surface area contributed by atoms with Crippen LogP contribution in [0.3, 0.4) is 0 Å². The zero-order valence-corrected chi connectivity index (χ0v) is 14.2. The number of hydrogen-bond acceptors (Lipinski definition) is 2. The molecule has 2 aromatic rings. The number of nitrogens with one attached hydrogen (secondary N) is 1. The van der Waals surface area contributed by atoms with Crippen molar-refractivity contribution in [1.82, 2.24) is 15.1 Å². The highest BCUT2D eigenvalue weighted by molar-refractivity contribution is 9.10. The molecule has 2 rings (SSSR count). The molecular weight excluding hydrogens is 314 g/mol. The van der Waals surface area contributed by atoms with E-state index in [1.165, 1.54) is 21.3 Å². The van der Waals surface area contributed by atoms with Crippen LogP contribution in [0, 0.1) is 13.8 Å². The molecule has 0 fully saturated rings. The van der Waals surface area contributed by atoms with Crippen LogP contribution in [0.4, 0.5) is 0 Å². The Hall–Kier alpha value is -1.13. The van der Waals surface area contributed by atoms with Crippen LogP contribution in [0.2, 0.25) is 0 Å². The highest BCUT2D eigenvalue weighted by atomic mass is 79.9. The van der Waals surface area contributed by atoms with Gasteiger partial charge in [-0.15, -0.1) is 0 Å². The summed E-state index contributed by atoms with van der Waals surface area (Å²) in [5, 5.41) is 8.03. The van der Waals surface area contributed by atoms with E-state index >= 15 is 0 Å². The van der Waals surface area contributed by atoms with E-state index in [1.54, 1.807) is 0 Å². The highest BCUT2D eigenvalue weighted by Crippen LogP contribution is 2.27. The molecule has 0 spiro atoms. The molecule has 0 saturated heterocycles. The Kier molecular flexibility index (Phi) is 5.00. The first-order valence-corrected chi connectivity index (χ1v) is 7.80. The Bertz CT molecular complexity index is 589. The predicted molar refractivity (Wildman–Crippen MR) is 86.9 cm³/mol. The number of halogens is 1. The van der Waals surface area contributed by atoms with Gasteiger partial charge in [0.25, 0.3) is 0 Å². The normalized spacial score (nSPS) is 12.7. The Morgan fingerprint density at radius 1 is 1.35 bits per heavy atom. The first kappa shape index (κ1) is 15.3. The second kappa shape index (κ2) is 6.55. The van der Waals surface area contributed by atoms with Gasteiger partial charge in [-0.2, -0.15) is 5.10 Å². The molecule has 1 atom stereocenters. The highest BCUT2D eigenvalue weighted by Gasteiger charge is 2.16. The lowest BCUT2D eigenvalue weighted by Crippen LogP contribution is -2.24. The molecule has 0 aliphatic carbocycles. The molecule has 3 nitrogen and oxygen atoms in total. The third-order valence-corrected chi connectivity index (χ3v) is 4.51. The summed E-state index contributed by atoms with van der Waals surface area (Å²) < 4.78 is 3.14. The van der Waals surface area contributed by atoms with Gasteiger partial charge in [0.1, 0.15) is 0 Å². The Morgan fingerprint density at radius 2 is 2.10 bits per heavy atom. The van der Waals surface area contributed by atoms with Crippen molar-refractivity contribution in [2.45, 2.75) is 33.2 Å². The van der Waals surface area contributed by atoms with Gasteiger partial charge >= 0.3 is 0 Å². The van der Waals surface area contributed by atoms with Crippen molar-refractivity contribution in [3.63, 3.8) is 0 Å². The van der Waals surface area contributed by atoms with Crippen LogP contribution in [0.1, 0.15) is 35.5 Å². The molecule has 1 heterocycles. The lowest BCUT2D eigenvalue weighted by molar-refractivity contribution is 0.526. The minimum atomic E-state index is 0.312. The van der Waals surface area contributed by atoms with E-state index in [-0.39, 0.29) is 0 Å². The molecule has 0 bridgehead atoms. The van der Waals surface area contributed by atoms with Crippen molar-refractivity contribution in [2.75, 3.05) is 6.54 Å². The SMILES string of the molecule is CCNC(Cc1cc(C)nn1C)c1cccc(Br)c1C. The van der Waals surface area contributed by atoms with Gasteiger partial charge in [-0.05, 0) is 43.7 Å². The van der Waals surface area contributed by atoms with Crippen LogP contribution in [0.5, 0.6) is 0 Å². The van der Waals surface area contributed by atoms with Crippen LogP contribution in [-0.4, -0.2) is 16.3 Å². The maximum Gasteiger partial charge on any atom is 0.0596 e. The molecule has 0 saturated carbocycles. The first-order chi connectivity index (χ1) is 9.52. The van der Waals surface area contributed by atoms with E-state index < -0.39 is 0 Å². The number of aromatic nitrogens is 2. The summed E-state index contributed by atoms with van der Waals surface area (Å²) in [5.41, 5.74) is 4.98. The molecule has 0 radical (unpaired) electrons. The van der Waals surface area contributed by atoms with Gasteiger partial charge in [-0.25, -0.2) is 0 Å². The van der Waals surface area contributed by atoms with Crippen molar-refractivity contribution >= 4 is 15.9 Å². The summed E-state index contributed by atoms with van der Waals surface area (Å²) >= 11 is 3.62. The fourth-order valence-corrected chi connectivity index (χ4v) is 2.99. The number of likely N-dealkylation sites (N-methyl/N-ethyl adjacent to an activating group) is 1. The monoisotopic (exact) mass is 335 g/mol. The largest absolute Gasteiger partial charge is 0.310 e. The lowest BCUT2D eigenvalue weighted by atomic mass is 9.97. The zero-order valence-electron chi connectivity index (χ0n) is 12.6. The van der Waals surface area contributed by atoms with E-state index in [1.807, 2.05) is 18.7 Å². The molecule has 1 aromatic heterocycles. The smallest absolute Gasteiger partial charge is 0.0596 e. The first-order valence-electron chi connectivity index (χ1n) is 7.00. The third kappa shape index (κ3) is 3.30. The summed E-state index contributed by atoms with van der Waals surface area (Å²) in [4.78, 5) is 0. The summed E-state index contributed by atoms with van der Waals surface area (Å²) in [6.45, 7) is 7.30. The molecule has 0 aliphatic rings. The van der Waals surface area contributed by atoms with Gasteiger partial charge in [0.2, 0.25) is 0 Å². The Balaban J connectivity index is 2.31. The summed E-state index contributed by atoms with van der Waals surface area (Å²) in [6.07, 6.45) is 0.947. The number of aryl methyl sites for hydroxylation is 2. The molecule has 1 aromatic carbocycles. The average Bonchev–Trinajstić information content (AvgIpc) is 2.71. The standard InChI is InChI=1S/C16H22BrN3/c1-5-18-16(10-13-9-11(2)19-20(13)4)14-7-6-8-15(17)12(14)3/h6-9,16,18H,5,10H2,1-4H3. The number of rotatable bonds is 5. The topological polar surface area (TPSA) is 29.9 Å². The molecule has 0 amide bonds. The fraction of sp³-hybridized carbons (Fsp3) is 0.438. The van der Waals surface area contributed by atoms with Gasteiger partial charge in [0, 0.05) is 29.7 Å². The molecule has 1 N–H and O–H groups in total. The van der Waals surface area contributed by atoms with Gasteiger partial charge < -0.3 is 5.32 Å². The Labute approximate surface area is 129 Å². The minimum absolute atomic E-state index is 0.312. The summed E-state index contributed by atoms with van der Waals surface area (Å²) in [6, 6.07) is 8.88. The maximum atomic E-state index is 4.44. The van der Waals surface area contributed by atoms with Crippen LogP contribution in [0.25, 0.3) is 0 Å². The molecule has 4 heteroatoms. The van der Waals surface area contributed by atoms with Crippen molar-refractivity contribution in [1.29, 1.82) is 0 Å². The maximum absolute atomic E-state index is 4.44. The number of nitrogens with zero attached hydrogens (tertiary/aromatic N) is 2. The van der Waals surface area contributed by atoms with Crippen molar-refractivity contribution < 1.29 is 0 Å². The van der Waals surface area contributed by atoms with Gasteiger partial charge in [0.05, 0.1) is 5.69 Å². The van der Waals surface area contributed by atoms with Crippen LogP contribution in [0.15, 0.2) is 28.7 Å². The molecule has 0 aliphatic heterocycles. The van der Waals surface area contributed by atoms with Crippen molar-refractivity contribution in [3.8, 4) is 0 Å². The third-order valence-electron chi connectivity index (χ3n) is 3.65. The number of benzene rings is 1. The zero-order chi connectivity index (χ0) is 14.7. The van der Waals surface area contributed by atoms with Crippen molar-refractivity contribution in [3.05, 3.63) is 51.3 Å². The van der Waals surface area contributed by atoms with E-state index in [4.69, 9.17) is 0 Å². The van der Waals surface area contributed by atoms with Crippen LogP contribution >= 0.6 is 15.9 Å².